The Bertz CT molecular complexity index is 836. The van der Waals surface area contributed by atoms with Crippen LogP contribution in [0.1, 0.15) is 43.0 Å². The van der Waals surface area contributed by atoms with Gasteiger partial charge in [-0.1, -0.05) is 30.3 Å². The van der Waals surface area contributed by atoms with Crippen LogP contribution < -0.4 is 0 Å². The Morgan fingerprint density at radius 3 is 2.57 bits per heavy atom. The van der Waals surface area contributed by atoms with Crippen LogP contribution in [-0.2, 0) is 18.4 Å². The Hall–Kier alpha value is -2.21. The summed E-state index contributed by atoms with van der Waals surface area (Å²) in [4.78, 5) is 17.5. The molecule has 0 N–H and O–H groups in total. The summed E-state index contributed by atoms with van der Waals surface area (Å²) in [5.74, 6) is 1.99. The lowest BCUT2D eigenvalue weighted by molar-refractivity contribution is -0.132. The van der Waals surface area contributed by atoms with Gasteiger partial charge >= 0.3 is 0 Å². The Kier molecular flexibility index (Phi) is 4.46. The van der Waals surface area contributed by atoms with E-state index in [2.05, 4.69) is 50.3 Å². The van der Waals surface area contributed by atoms with E-state index in [-0.39, 0.29) is 11.3 Å². The van der Waals surface area contributed by atoms with Crippen LogP contribution in [0.15, 0.2) is 36.7 Å². The number of rotatable bonds is 4. The number of hydrogen-bond donors (Lipinski definition) is 0. The second-order valence-corrected chi connectivity index (χ2v) is 8.97. The number of amides is 1. The van der Waals surface area contributed by atoms with Crippen molar-refractivity contribution in [1.82, 2.24) is 24.6 Å². The van der Waals surface area contributed by atoms with E-state index in [1.54, 1.807) is 6.33 Å². The maximum absolute atomic E-state index is 12.8. The minimum Gasteiger partial charge on any atom is -0.341 e. The zero-order valence-electron chi connectivity index (χ0n) is 16.6. The molecule has 1 amide bonds. The molecule has 1 aromatic carbocycles. The summed E-state index contributed by atoms with van der Waals surface area (Å²) in [6.07, 6.45) is 6.17. The lowest BCUT2D eigenvalue weighted by atomic mass is 9.70. The molecule has 1 aromatic heterocycles. The molecular weight excluding hydrogens is 350 g/mol. The monoisotopic (exact) mass is 379 g/mol. The van der Waals surface area contributed by atoms with Gasteiger partial charge in [-0.05, 0) is 44.3 Å². The second-order valence-electron chi connectivity index (χ2n) is 8.97. The average Bonchev–Trinajstić information content (AvgIpc) is 3.39. The smallest absolute Gasteiger partial charge is 0.225 e. The Morgan fingerprint density at radius 1 is 1.18 bits per heavy atom. The molecule has 0 radical (unpaired) electrons. The van der Waals surface area contributed by atoms with Crippen molar-refractivity contribution >= 4 is 5.91 Å². The van der Waals surface area contributed by atoms with Crippen molar-refractivity contribution in [3.05, 3.63) is 48.0 Å². The number of nitrogens with zero attached hydrogens (tertiary/aromatic N) is 5. The molecule has 1 spiro atoms. The van der Waals surface area contributed by atoms with E-state index in [1.807, 2.05) is 11.6 Å². The molecule has 1 atom stereocenters. The molecule has 2 aliphatic heterocycles. The molecular formula is C22H29N5O. The molecule has 1 unspecified atom stereocenters. The first-order valence-electron chi connectivity index (χ1n) is 10.5. The maximum Gasteiger partial charge on any atom is 0.225 e. The number of likely N-dealkylation sites (tertiary alicyclic amines) is 2. The molecule has 3 heterocycles. The summed E-state index contributed by atoms with van der Waals surface area (Å²) >= 11 is 0. The fourth-order valence-electron chi connectivity index (χ4n) is 5.19. The molecule has 3 aliphatic rings. The maximum atomic E-state index is 12.8. The van der Waals surface area contributed by atoms with Gasteiger partial charge in [0.1, 0.15) is 12.2 Å². The fraction of sp³-hybridized carbons (Fsp3) is 0.591. The summed E-state index contributed by atoms with van der Waals surface area (Å²) in [7, 11) is 2.03. The normalized spacial score (nSPS) is 24.8. The third-order valence-electron chi connectivity index (χ3n) is 7.05. The predicted molar refractivity (Wildman–Crippen MR) is 106 cm³/mol. The number of aromatic nitrogens is 3. The van der Waals surface area contributed by atoms with Gasteiger partial charge < -0.3 is 9.47 Å². The van der Waals surface area contributed by atoms with Gasteiger partial charge in [-0.15, -0.1) is 10.2 Å². The van der Waals surface area contributed by atoms with E-state index in [1.165, 1.54) is 5.56 Å². The van der Waals surface area contributed by atoms with Crippen LogP contribution in [0.3, 0.4) is 0 Å². The van der Waals surface area contributed by atoms with E-state index in [0.717, 1.165) is 64.2 Å². The summed E-state index contributed by atoms with van der Waals surface area (Å²) in [6, 6.07) is 10.7. The lowest BCUT2D eigenvalue weighted by Gasteiger charge is -2.42. The first kappa shape index (κ1) is 17.9. The standard InChI is InChI=1S/C22H29N5O/c1-25-16-23-24-20(25)19-14-27(21(28)18-7-8-18)15-22(19)9-11-26(12-10-22)13-17-5-3-2-4-6-17/h2-6,16,18-19H,7-15H2,1H3. The van der Waals surface area contributed by atoms with E-state index >= 15 is 0 Å². The van der Waals surface area contributed by atoms with Gasteiger partial charge in [0.05, 0.1) is 0 Å². The largest absolute Gasteiger partial charge is 0.341 e. The molecule has 148 valence electrons. The zero-order chi connectivity index (χ0) is 19.1. The van der Waals surface area contributed by atoms with E-state index < -0.39 is 0 Å². The minimum atomic E-state index is 0.137. The van der Waals surface area contributed by atoms with Gasteiger partial charge in [0.25, 0.3) is 0 Å². The number of hydrogen-bond acceptors (Lipinski definition) is 4. The molecule has 5 rings (SSSR count). The van der Waals surface area contributed by atoms with E-state index in [4.69, 9.17) is 0 Å². The highest BCUT2D eigenvalue weighted by atomic mass is 16.2. The molecule has 1 aliphatic carbocycles. The van der Waals surface area contributed by atoms with Crippen LogP contribution >= 0.6 is 0 Å². The van der Waals surface area contributed by atoms with Crippen molar-refractivity contribution < 1.29 is 4.79 Å². The molecule has 0 bridgehead atoms. The number of piperidine rings is 1. The van der Waals surface area contributed by atoms with Crippen LogP contribution in [0.2, 0.25) is 0 Å². The van der Waals surface area contributed by atoms with Crippen LogP contribution in [0.25, 0.3) is 0 Å². The zero-order valence-corrected chi connectivity index (χ0v) is 16.6. The summed E-state index contributed by atoms with van der Waals surface area (Å²) in [6.45, 7) is 4.86. The first-order chi connectivity index (χ1) is 13.6. The lowest BCUT2D eigenvalue weighted by Crippen LogP contribution is -2.44. The number of benzene rings is 1. The minimum absolute atomic E-state index is 0.137. The van der Waals surface area contributed by atoms with Crippen molar-refractivity contribution in [2.75, 3.05) is 26.2 Å². The van der Waals surface area contributed by atoms with Crippen LogP contribution in [0.4, 0.5) is 0 Å². The Morgan fingerprint density at radius 2 is 1.93 bits per heavy atom. The summed E-state index contributed by atoms with van der Waals surface area (Å²) in [5, 5.41) is 8.58. The molecule has 6 heteroatoms. The number of carbonyl (C=O) groups is 1. The van der Waals surface area contributed by atoms with E-state index in [0.29, 0.717) is 11.8 Å². The van der Waals surface area contributed by atoms with Gasteiger partial charge in [0, 0.05) is 43.9 Å². The van der Waals surface area contributed by atoms with E-state index in [9.17, 15) is 4.79 Å². The molecule has 6 nitrogen and oxygen atoms in total. The van der Waals surface area contributed by atoms with Crippen molar-refractivity contribution in [2.24, 2.45) is 18.4 Å². The van der Waals surface area contributed by atoms with Crippen LogP contribution in [0.5, 0.6) is 0 Å². The quantitative estimate of drug-likeness (QED) is 0.819. The van der Waals surface area contributed by atoms with Gasteiger partial charge in [-0.25, -0.2) is 0 Å². The van der Waals surface area contributed by atoms with Crippen molar-refractivity contribution in [2.45, 2.75) is 38.1 Å². The highest BCUT2D eigenvalue weighted by molar-refractivity contribution is 5.81. The Balaban J connectivity index is 1.34. The number of aryl methyl sites for hydroxylation is 1. The first-order valence-corrected chi connectivity index (χ1v) is 10.5. The van der Waals surface area contributed by atoms with Crippen LogP contribution in [0, 0.1) is 11.3 Å². The summed E-state index contributed by atoms with van der Waals surface area (Å²) in [5.41, 5.74) is 1.51. The molecule has 28 heavy (non-hydrogen) atoms. The second kappa shape index (κ2) is 6.99. The Labute approximate surface area is 166 Å². The third kappa shape index (κ3) is 3.24. The van der Waals surface area contributed by atoms with Gasteiger partial charge in [0.15, 0.2) is 0 Å². The van der Waals surface area contributed by atoms with Gasteiger partial charge in [0.2, 0.25) is 5.91 Å². The molecule has 2 aromatic rings. The average molecular weight is 380 g/mol. The third-order valence-corrected chi connectivity index (χ3v) is 7.05. The van der Waals surface area contributed by atoms with Crippen molar-refractivity contribution in [1.29, 1.82) is 0 Å². The highest BCUT2D eigenvalue weighted by Gasteiger charge is 2.52. The molecule has 2 saturated heterocycles. The van der Waals surface area contributed by atoms with Gasteiger partial charge in [-0.2, -0.15) is 0 Å². The SMILES string of the molecule is Cn1cnnc1C1CN(C(=O)C2CC2)CC12CCN(Cc1ccccc1)CC2. The van der Waals surface area contributed by atoms with Crippen molar-refractivity contribution in [3.63, 3.8) is 0 Å². The summed E-state index contributed by atoms with van der Waals surface area (Å²) < 4.78 is 2.05. The van der Waals surface area contributed by atoms with Crippen LogP contribution in [-0.4, -0.2) is 56.7 Å². The highest BCUT2D eigenvalue weighted by Crippen LogP contribution is 2.50. The fourth-order valence-corrected chi connectivity index (χ4v) is 5.19. The molecule has 3 fully saturated rings. The van der Waals surface area contributed by atoms with Gasteiger partial charge in [-0.3, -0.25) is 9.69 Å². The topological polar surface area (TPSA) is 54.3 Å². The predicted octanol–water partition coefficient (Wildman–Crippen LogP) is 2.43. The number of carbonyl (C=O) groups excluding carboxylic acids is 1. The molecule has 1 saturated carbocycles. The van der Waals surface area contributed by atoms with Crippen molar-refractivity contribution in [3.8, 4) is 0 Å².